The number of carbonyl (C=O) groups is 1. The Kier molecular flexibility index (Phi) is 2.57. The standard InChI is InChI=1S/C16H12N4O/c21-16-12-8-4-5-9-13(12)20-14(10-17-16)15(18-19-20)11-6-2-1-3-7-11/h1-9H,10H2,(H,17,21). The van der Waals surface area contributed by atoms with Crippen LogP contribution in [0.15, 0.2) is 54.6 Å². The second-order valence-corrected chi connectivity index (χ2v) is 4.86. The molecule has 21 heavy (non-hydrogen) atoms. The normalized spacial score (nSPS) is 13.0. The van der Waals surface area contributed by atoms with Crippen molar-refractivity contribution in [2.45, 2.75) is 6.54 Å². The maximum absolute atomic E-state index is 12.1. The first-order valence-electron chi connectivity index (χ1n) is 6.72. The molecule has 1 N–H and O–H groups in total. The summed E-state index contributed by atoms with van der Waals surface area (Å²) in [6.07, 6.45) is 0. The van der Waals surface area contributed by atoms with Gasteiger partial charge in [-0.15, -0.1) is 5.10 Å². The van der Waals surface area contributed by atoms with Crippen molar-refractivity contribution >= 4 is 5.91 Å². The van der Waals surface area contributed by atoms with Crippen molar-refractivity contribution in [2.24, 2.45) is 0 Å². The van der Waals surface area contributed by atoms with Crippen LogP contribution in [0.3, 0.4) is 0 Å². The predicted octanol–water partition coefficient (Wildman–Crippen LogP) is 2.18. The smallest absolute Gasteiger partial charge is 0.253 e. The van der Waals surface area contributed by atoms with Crippen molar-refractivity contribution in [3.8, 4) is 16.9 Å². The minimum Gasteiger partial charge on any atom is -0.346 e. The summed E-state index contributed by atoms with van der Waals surface area (Å²) >= 11 is 0. The third-order valence-electron chi connectivity index (χ3n) is 3.60. The molecule has 0 radical (unpaired) electrons. The van der Waals surface area contributed by atoms with Gasteiger partial charge < -0.3 is 5.32 Å². The number of nitrogens with one attached hydrogen (secondary N) is 1. The van der Waals surface area contributed by atoms with Gasteiger partial charge in [0, 0.05) is 5.56 Å². The number of amides is 1. The molecule has 102 valence electrons. The molecule has 2 heterocycles. The maximum atomic E-state index is 12.1. The van der Waals surface area contributed by atoms with Gasteiger partial charge in [-0.25, -0.2) is 4.68 Å². The maximum Gasteiger partial charge on any atom is 0.253 e. The van der Waals surface area contributed by atoms with Gasteiger partial charge >= 0.3 is 0 Å². The number of aromatic nitrogens is 3. The lowest BCUT2D eigenvalue weighted by molar-refractivity contribution is 0.0953. The largest absolute Gasteiger partial charge is 0.346 e. The summed E-state index contributed by atoms with van der Waals surface area (Å²) in [5.74, 6) is -0.0879. The highest BCUT2D eigenvalue weighted by Gasteiger charge is 2.23. The second kappa shape index (κ2) is 4.56. The predicted molar refractivity (Wildman–Crippen MR) is 78.0 cm³/mol. The van der Waals surface area contributed by atoms with Crippen LogP contribution in [0.25, 0.3) is 16.9 Å². The third kappa shape index (κ3) is 1.82. The Morgan fingerprint density at radius 2 is 1.76 bits per heavy atom. The fourth-order valence-electron chi connectivity index (χ4n) is 2.58. The SMILES string of the molecule is O=C1NCc2c(-c3ccccc3)nnn2-c2ccccc21. The molecular formula is C16H12N4O. The number of nitrogens with zero attached hydrogens (tertiary/aromatic N) is 3. The molecule has 5 heteroatoms. The Hall–Kier alpha value is -2.95. The van der Waals surface area contributed by atoms with E-state index in [1.807, 2.05) is 48.5 Å². The molecule has 1 aliphatic heterocycles. The Labute approximate surface area is 121 Å². The van der Waals surface area contributed by atoms with Crippen molar-refractivity contribution in [3.05, 3.63) is 65.9 Å². The van der Waals surface area contributed by atoms with Crippen LogP contribution < -0.4 is 5.32 Å². The molecule has 0 atom stereocenters. The topological polar surface area (TPSA) is 59.8 Å². The first-order chi connectivity index (χ1) is 10.3. The highest BCUT2D eigenvalue weighted by Crippen LogP contribution is 2.26. The molecule has 0 spiro atoms. The second-order valence-electron chi connectivity index (χ2n) is 4.86. The van der Waals surface area contributed by atoms with Crippen molar-refractivity contribution in [1.82, 2.24) is 20.3 Å². The fourth-order valence-corrected chi connectivity index (χ4v) is 2.58. The molecule has 1 aliphatic rings. The molecule has 0 saturated carbocycles. The molecule has 4 rings (SSSR count). The van der Waals surface area contributed by atoms with Crippen LogP contribution in [-0.2, 0) is 6.54 Å². The zero-order valence-electron chi connectivity index (χ0n) is 11.2. The van der Waals surface area contributed by atoms with Crippen LogP contribution in [0.4, 0.5) is 0 Å². The van der Waals surface area contributed by atoms with E-state index in [0.29, 0.717) is 12.1 Å². The first-order valence-corrected chi connectivity index (χ1v) is 6.72. The summed E-state index contributed by atoms with van der Waals surface area (Å²) in [5.41, 5.74) is 4.05. The minimum atomic E-state index is -0.0879. The van der Waals surface area contributed by atoms with Crippen molar-refractivity contribution < 1.29 is 4.79 Å². The minimum absolute atomic E-state index is 0.0879. The summed E-state index contributed by atoms with van der Waals surface area (Å²) in [5, 5.41) is 11.5. The number of benzene rings is 2. The van der Waals surface area contributed by atoms with Gasteiger partial charge in [0.1, 0.15) is 5.69 Å². The molecule has 3 aromatic rings. The molecule has 0 saturated heterocycles. The van der Waals surface area contributed by atoms with Crippen LogP contribution >= 0.6 is 0 Å². The lowest BCUT2D eigenvalue weighted by atomic mass is 10.1. The molecule has 2 aromatic carbocycles. The number of para-hydroxylation sites is 1. The van der Waals surface area contributed by atoms with E-state index in [1.165, 1.54) is 0 Å². The number of hydrogen-bond acceptors (Lipinski definition) is 3. The lowest BCUT2D eigenvalue weighted by Crippen LogP contribution is -2.21. The zero-order chi connectivity index (χ0) is 14.2. The fraction of sp³-hybridized carbons (Fsp3) is 0.0625. The monoisotopic (exact) mass is 276 g/mol. The van der Waals surface area contributed by atoms with E-state index >= 15 is 0 Å². The van der Waals surface area contributed by atoms with Gasteiger partial charge in [-0.2, -0.15) is 0 Å². The quantitative estimate of drug-likeness (QED) is 0.741. The van der Waals surface area contributed by atoms with Crippen LogP contribution in [0, 0.1) is 0 Å². The number of carbonyl (C=O) groups excluding carboxylic acids is 1. The zero-order valence-corrected chi connectivity index (χ0v) is 11.2. The third-order valence-corrected chi connectivity index (χ3v) is 3.60. The summed E-state index contributed by atoms with van der Waals surface area (Å²) in [7, 11) is 0. The number of fused-ring (bicyclic) bond motifs is 3. The Morgan fingerprint density at radius 1 is 1.00 bits per heavy atom. The van der Waals surface area contributed by atoms with Gasteiger partial charge in [-0.05, 0) is 12.1 Å². The molecule has 1 aromatic heterocycles. The van der Waals surface area contributed by atoms with E-state index in [1.54, 1.807) is 10.7 Å². The molecule has 0 bridgehead atoms. The highest BCUT2D eigenvalue weighted by molar-refractivity contribution is 5.98. The Balaban J connectivity index is 1.94. The summed E-state index contributed by atoms with van der Waals surface area (Å²) < 4.78 is 1.75. The summed E-state index contributed by atoms with van der Waals surface area (Å²) in [4.78, 5) is 12.1. The van der Waals surface area contributed by atoms with Crippen LogP contribution in [0.2, 0.25) is 0 Å². The van der Waals surface area contributed by atoms with Gasteiger partial charge in [-0.1, -0.05) is 47.7 Å². The summed E-state index contributed by atoms with van der Waals surface area (Å²) in [6, 6.07) is 17.3. The van der Waals surface area contributed by atoms with E-state index in [2.05, 4.69) is 15.6 Å². The van der Waals surface area contributed by atoms with Gasteiger partial charge in [0.2, 0.25) is 0 Å². The molecule has 0 fully saturated rings. The van der Waals surface area contributed by atoms with Crippen LogP contribution in [-0.4, -0.2) is 20.9 Å². The molecule has 1 amide bonds. The highest BCUT2D eigenvalue weighted by atomic mass is 16.1. The number of rotatable bonds is 1. The Bertz CT molecular complexity index is 823. The van der Waals surface area contributed by atoms with Crippen LogP contribution in [0.5, 0.6) is 0 Å². The average molecular weight is 276 g/mol. The van der Waals surface area contributed by atoms with Crippen molar-refractivity contribution in [1.29, 1.82) is 0 Å². The lowest BCUT2D eigenvalue weighted by Gasteiger charge is -2.05. The van der Waals surface area contributed by atoms with Gasteiger partial charge in [0.15, 0.2) is 0 Å². The molecule has 5 nitrogen and oxygen atoms in total. The molecule has 0 aliphatic carbocycles. The van der Waals surface area contributed by atoms with E-state index in [9.17, 15) is 4.79 Å². The number of hydrogen-bond donors (Lipinski definition) is 1. The van der Waals surface area contributed by atoms with Gasteiger partial charge in [-0.3, -0.25) is 4.79 Å². The molecular weight excluding hydrogens is 264 g/mol. The Morgan fingerprint density at radius 3 is 2.62 bits per heavy atom. The van der Waals surface area contributed by atoms with Gasteiger partial charge in [0.25, 0.3) is 5.91 Å². The first kappa shape index (κ1) is 11.8. The molecule has 0 unspecified atom stereocenters. The van der Waals surface area contributed by atoms with E-state index < -0.39 is 0 Å². The average Bonchev–Trinajstić information content (AvgIpc) is 2.91. The van der Waals surface area contributed by atoms with E-state index in [-0.39, 0.29) is 5.91 Å². The van der Waals surface area contributed by atoms with Crippen LogP contribution in [0.1, 0.15) is 16.1 Å². The van der Waals surface area contributed by atoms with Crippen molar-refractivity contribution in [2.75, 3.05) is 0 Å². The van der Waals surface area contributed by atoms with E-state index in [0.717, 1.165) is 22.6 Å². The summed E-state index contributed by atoms with van der Waals surface area (Å²) in [6.45, 7) is 0.407. The van der Waals surface area contributed by atoms with E-state index in [4.69, 9.17) is 0 Å². The van der Waals surface area contributed by atoms with Gasteiger partial charge in [0.05, 0.1) is 23.5 Å². The van der Waals surface area contributed by atoms with Crippen molar-refractivity contribution in [3.63, 3.8) is 0 Å².